The molecule has 0 saturated heterocycles. The maximum Gasteiger partial charge on any atom is 0.416 e. The molecule has 1 unspecified atom stereocenters. The highest BCUT2D eigenvalue weighted by Gasteiger charge is 2.29. The van der Waals surface area contributed by atoms with Crippen molar-refractivity contribution < 1.29 is 22.6 Å². The molecule has 0 amide bonds. The van der Waals surface area contributed by atoms with E-state index in [1.807, 2.05) is 32.3 Å². The molecule has 170 valence electrons. The van der Waals surface area contributed by atoms with Crippen molar-refractivity contribution in [3.05, 3.63) is 59.2 Å². The second-order valence-corrected chi connectivity index (χ2v) is 7.10. The zero-order valence-electron chi connectivity index (χ0n) is 18.4. The van der Waals surface area contributed by atoms with Crippen LogP contribution in [0.1, 0.15) is 22.7 Å². The molecule has 9 heteroatoms. The van der Waals surface area contributed by atoms with Crippen molar-refractivity contribution in [3.8, 4) is 11.5 Å². The maximum absolute atomic E-state index is 12.7. The molecule has 0 heterocycles. The Hall–Kier alpha value is -2.94. The van der Waals surface area contributed by atoms with E-state index >= 15 is 0 Å². The fraction of sp³-hybridized carbons (Fsp3) is 0.409. The highest BCUT2D eigenvalue weighted by molar-refractivity contribution is 5.79. The summed E-state index contributed by atoms with van der Waals surface area (Å²) >= 11 is 0. The van der Waals surface area contributed by atoms with Gasteiger partial charge in [-0.2, -0.15) is 13.2 Å². The second-order valence-electron chi connectivity index (χ2n) is 7.10. The Balaban J connectivity index is 2.01. The van der Waals surface area contributed by atoms with Gasteiger partial charge in [-0.05, 0) is 49.5 Å². The number of nitrogens with zero attached hydrogens (tertiary/aromatic N) is 2. The number of benzene rings is 2. The topological polar surface area (TPSA) is 58.1 Å². The number of hydrogen-bond acceptors (Lipinski definition) is 4. The predicted molar refractivity (Wildman–Crippen MR) is 116 cm³/mol. The van der Waals surface area contributed by atoms with E-state index in [9.17, 15) is 13.2 Å². The fourth-order valence-electron chi connectivity index (χ4n) is 3.07. The van der Waals surface area contributed by atoms with Gasteiger partial charge < -0.3 is 25.0 Å². The third kappa shape index (κ3) is 6.78. The molecule has 0 fully saturated rings. The van der Waals surface area contributed by atoms with Crippen molar-refractivity contribution in [1.29, 1.82) is 0 Å². The van der Waals surface area contributed by atoms with E-state index < -0.39 is 11.7 Å². The lowest BCUT2D eigenvalue weighted by Gasteiger charge is -2.26. The van der Waals surface area contributed by atoms with E-state index in [0.717, 1.165) is 23.3 Å². The second kappa shape index (κ2) is 10.9. The van der Waals surface area contributed by atoms with Crippen LogP contribution in [-0.2, 0) is 12.7 Å². The standard InChI is InChI=1S/C22H29F3N4O2/c1-26-21(27-13-15-6-9-17(10-7-15)22(23,24)25)28-14-18(29(2)3)16-8-11-19(30-4)20(12-16)31-5/h6-12,18H,13-14H2,1-5H3,(H2,26,27,28). The molecule has 2 aromatic carbocycles. The summed E-state index contributed by atoms with van der Waals surface area (Å²) in [6, 6.07) is 10.9. The van der Waals surface area contributed by atoms with Gasteiger partial charge in [0.25, 0.3) is 0 Å². The Morgan fingerprint density at radius 2 is 1.65 bits per heavy atom. The Labute approximate surface area is 181 Å². The van der Waals surface area contributed by atoms with E-state index in [2.05, 4.69) is 20.5 Å². The van der Waals surface area contributed by atoms with Crippen LogP contribution in [0.5, 0.6) is 11.5 Å². The molecule has 2 aromatic rings. The van der Waals surface area contributed by atoms with Gasteiger partial charge in [-0.15, -0.1) is 0 Å². The van der Waals surface area contributed by atoms with Crippen LogP contribution < -0.4 is 20.1 Å². The summed E-state index contributed by atoms with van der Waals surface area (Å²) in [4.78, 5) is 6.26. The van der Waals surface area contributed by atoms with Crippen molar-refractivity contribution in [3.63, 3.8) is 0 Å². The van der Waals surface area contributed by atoms with Crippen LogP contribution in [0.3, 0.4) is 0 Å². The fourth-order valence-corrected chi connectivity index (χ4v) is 3.07. The number of hydrogen-bond donors (Lipinski definition) is 2. The zero-order chi connectivity index (χ0) is 23.0. The van der Waals surface area contributed by atoms with Gasteiger partial charge in [0, 0.05) is 20.1 Å². The number of rotatable bonds is 8. The summed E-state index contributed by atoms with van der Waals surface area (Å²) in [6.45, 7) is 0.899. The number of likely N-dealkylation sites (N-methyl/N-ethyl adjacent to an activating group) is 1. The molecule has 0 saturated carbocycles. The highest BCUT2D eigenvalue weighted by atomic mass is 19.4. The van der Waals surface area contributed by atoms with Crippen molar-refractivity contribution >= 4 is 5.96 Å². The maximum atomic E-state index is 12.7. The average Bonchev–Trinajstić information content (AvgIpc) is 2.75. The minimum atomic E-state index is -4.34. The van der Waals surface area contributed by atoms with Gasteiger partial charge in [0.15, 0.2) is 17.5 Å². The van der Waals surface area contributed by atoms with E-state index in [4.69, 9.17) is 9.47 Å². The van der Waals surface area contributed by atoms with E-state index in [-0.39, 0.29) is 6.04 Å². The van der Waals surface area contributed by atoms with Crippen molar-refractivity contribution in [2.45, 2.75) is 18.8 Å². The quantitative estimate of drug-likeness (QED) is 0.486. The smallest absolute Gasteiger partial charge is 0.416 e. The number of alkyl halides is 3. The van der Waals surface area contributed by atoms with Crippen LogP contribution in [0.15, 0.2) is 47.5 Å². The number of ether oxygens (including phenoxy) is 2. The van der Waals surface area contributed by atoms with Crippen LogP contribution >= 0.6 is 0 Å². The van der Waals surface area contributed by atoms with E-state index in [1.54, 1.807) is 21.3 Å². The van der Waals surface area contributed by atoms with Gasteiger partial charge >= 0.3 is 6.18 Å². The molecule has 0 spiro atoms. The van der Waals surface area contributed by atoms with Gasteiger partial charge in [-0.3, -0.25) is 4.99 Å². The summed E-state index contributed by atoms with van der Waals surface area (Å²) in [5, 5.41) is 6.39. The number of guanidine groups is 1. The monoisotopic (exact) mass is 438 g/mol. The molecular weight excluding hydrogens is 409 g/mol. The third-order valence-electron chi connectivity index (χ3n) is 4.84. The molecule has 1 atom stereocenters. The lowest BCUT2D eigenvalue weighted by atomic mass is 10.1. The summed E-state index contributed by atoms with van der Waals surface area (Å²) < 4.78 is 48.8. The van der Waals surface area contributed by atoms with Gasteiger partial charge in [0.2, 0.25) is 0 Å². The predicted octanol–water partition coefficient (Wildman–Crippen LogP) is 3.69. The van der Waals surface area contributed by atoms with E-state index in [1.165, 1.54) is 12.1 Å². The first-order valence-electron chi connectivity index (χ1n) is 9.68. The van der Waals surface area contributed by atoms with Crippen molar-refractivity contribution in [2.24, 2.45) is 4.99 Å². The van der Waals surface area contributed by atoms with E-state index in [0.29, 0.717) is 30.5 Å². The summed E-state index contributed by atoms with van der Waals surface area (Å²) in [6.07, 6.45) is -4.34. The van der Waals surface area contributed by atoms with Crippen LogP contribution in [0.25, 0.3) is 0 Å². The molecular formula is C22H29F3N4O2. The molecule has 2 rings (SSSR count). The summed E-state index contributed by atoms with van der Waals surface area (Å²) in [5.74, 6) is 1.86. The lowest BCUT2D eigenvalue weighted by molar-refractivity contribution is -0.137. The van der Waals surface area contributed by atoms with Gasteiger partial charge in [0.05, 0.1) is 25.8 Å². The first kappa shape index (κ1) is 24.3. The molecule has 0 radical (unpaired) electrons. The number of halogens is 3. The Morgan fingerprint density at radius 1 is 1.00 bits per heavy atom. The number of nitrogens with one attached hydrogen (secondary N) is 2. The highest BCUT2D eigenvalue weighted by Crippen LogP contribution is 2.31. The number of methoxy groups -OCH3 is 2. The van der Waals surface area contributed by atoms with Gasteiger partial charge in [-0.1, -0.05) is 18.2 Å². The van der Waals surface area contributed by atoms with Crippen LogP contribution in [0, 0.1) is 0 Å². The van der Waals surface area contributed by atoms with Crippen molar-refractivity contribution in [1.82, 2.24) is 15.5 Å². The van der Waals surface area contributed by atoms with Crippen LogP contribution in [0.2, 0.25) is 0 Å². The molecule has 31 heavy (non-hydrogen) atoms. The third-order valence-corrected chi connectivity index (χ3v) is 4.84. The zero-order valence-corrected chi connectivity index (χ0v) is 18.4. The SMILES string of the molecule is CN=C(NCc1ccc(C(F)(F)F)cc1)NCC(c1ccc(OC)c(OC)c1)N(C)C. The molecule has 0 aliphatic heterocycles. The average molecular weight is 438 g/mol. The van der Waals surface area contributed by atoms with Crippen molar-refractivity contribution in [2.75, 3.05) is 41.9 Å². The largest absolute Gasteiger partial charge is 0.493 e. The summed E-state index contributed by atoms with van der Waals surface area (Å²) in [7, 11) is 8.78. The molecule has 0 bridgehead atoms. The van der Waals surface area contributed by atoms with Gasteiger partial charge in [0.1, 0.15) is 0 Å². The normalized spacial score (nSPS) is 13.1. The summed E-state index contributed by atoms with van der Waals surface area (Å²) in [5.41, 5.74) is 1.09. The van der Waals surface area contributed by atoms with Crippen LogP contribution in [0.4, 0.5) is 13.2 Å². The molecule has 0 aliphatic carbocycles. The van der Waals surface area contributed by atoms with Crippen LogP contribution in [-0.4, -0.2) is 52.8 Å². The molecule has 0 aliphatic rings. The Bertz CT molecular complexity index is 868. The Kier molecular flexibility index (Phi) is 8.56. The number of aliphatic imine (C=N–C) groups is 1. The lowest BCUT2D eigenvalue weighted by Crippen LogP contribution is -2.41. The minimum Gasteiger partial charge on any atom is -0.493 e. The molecule has 2 N–H and O–H groups in total. The minimum absolute atomic E-state index is 0.0180. The van der Waals surface area contributed by atoms with Gasteiger partial charge in [-0.25, -0.2) is 0 Å². The first-order valence-corrected chi connectivity index (χ1v) is 9.68. The Morgan fingerprint density at radius 3 is 2.16 bits per heavy atom. The first-order chi connectivity index (χ1) is 14.7. The molecule has 0 aromatic heterocycles. The molecule has 6 nitrogen and oxygen atoms in total.